The molecule has 0 unspecified atom stereocenters. The van der Waals surface area contributed by atoms with Crippen molar-refractivity contribution >= 4 is 24.0 Å². The lowest BCUT2D eigenvalue weighted by atomic mass is 9.99. The molecular formula is C15H24ClN3O. The molecule has 2 rings (SSSR count). The highest BCUT2D eigenvalue weighted by atomic mass is 35.5. The lowest BCUT2D eigenvalue weighted by molar-refractivity contribution is -0.120. The first-order chi connectivity index (χ1) is 9.15. The van der Waals surface area contributed by atoms with Crippen LogP contribution in [-0.4, -0.2) is 38.0 Å². The zero-order valence-corrected chi connectivity index (χ0v) is 13.0. The maximum Gasteiger partial charge on any atom is 0.228 e. The second-order valence-electron chi connectivity index (χ2n) is 5.47. The van der Waals surface area contributed by atoms with Crippen LogP contribution in [0, 0.1) is 5.92 Å². The molecule has 4 nitrogen and oxygen atoms in total. The molecule has 112 valence electrons. The van der Waals surface area contributed by atoms with Gasteiger partial charge < -0.3 is 15.5 Å². The fourth-order valence-corrected chi connectivity index (χ4v) is 2.38. The maximum absolute atomic E-state index is 12.1. The SMILES string of the molecule is CN(C)Cc1ccc(NC(=O)[C@@H]2CCCNC2)cc1.Cl. The van der Waals surface area contributed by atoms with Crippen LogP contribution in [0.1, 0.15) is 18.4 Å². The van der Waals surface area contributed by atoms with E-state index in [1.54, 1.807) is 0 Å². The third-order valence-corrected chi connectivity index (χ3v) is 3.39. The second kappa shape index (κ2) is 8.25. The highest BCUT2D eigenvalue weighted by Crippen LogP contribution is 2.15. The van der Waals surface area contributed by atoms with Crippen LogP contribution < -0.4 is 10.6 Å². The molecule has 2 N–H and O–H groups in total. The number of nitrogens with one attached hydrogen (secondary N) is 2. The van der Waals surface area contributed by atoms with Gasteiger partial charge in [0.15, 0.2) is 0 Å². The van der Waals surface area contributed by atoms with Crippen LogP contribution in [0.5, 0.6) is 0 Å². The van der Waals surface area contributed by atoms with Crippen LogP contribution in [0.3, 0.4) is 0 Å². The number of amides is 1. The predicted octanol–water partition coefficient (Wildman–Crippen LogP) is 2.11. The Bertz CT molecular complexity index is 414. The lowest BCUT2D eigenvalue weighted by Gasteiger charge is -2.22. The smallest absolute Gasteiger partial charge is 0.228 e. The van der Waals surface area contributed by atoms with Gasteiger partial charge in [-0.25, -0.2) is 0 Å². The summed E-state index contributed by atoms with van der Waals surface area (Å²) in [6.45, 7) is 2.74. The van der Waals surface area contributed by atoms with E-state index in [1.807, 2.05) is 26.2 Å². The maximum atomic E-state index is 12.1. The number of carbonyl (C=O) groups is 1. The van der Waals surface area contributed by atoms with Crippen molar-refractivity contribution in [3.8, 4) is 0 Å². The summed E-state index contributed by atoms with van der Waals surface area (Å²) in [5, 5.41) is 6.27. The summed E-state index contributed by atoms with van der Waals surface area (Å²) >= 11 is 0. The molecule has 20 heavy (non-hydrogen) atoms. The summed E-state index contributed by atoms with van der Waals surface area (Å²) < 4.78 is 0. The number of rotatable bonds is 4. The summed E-state index contributed by atoms with van der Waals surface area (Å²) in [5.74, 6) is 0.239. The lowest BCUT2D eigenvalue weighted by Crippen LogP contribution is -2.37. The summed E-state index contributed by atoms with van der Waals surface area (Å²) in [4.78, 5) is 14.2. The van der Waals surface area contributed by atoms with Crippen molar-refractivity contribution in [2.45, 2.75) is 19.4 Å². The van der Waals surface area contributed by atoms with E-state index in [-0.39, 0.29) is 24.2 Å². The molecule has 1 aliphatic heterocycles. The van der Waals surface area contributed by atoms with Gasteiger partial charge in [0.1, 0.15) is 0 Å². The summed E-state index contributed by atoms with van der Waals surface area (Å²) in [5.41, 5.74) is 2.14. The Morgan fingerprint density at radius 3 is 2.60 bits per heavy atom. The van der Waals surface area contributed by atoms with Crippen molar-refractivity contribution in [3.05, 3.63) is 29.8 Å². The Morgan fingerprint density at radius 2 is 2.05 bits per heavy atom. The van der Waals surface area contributed by atoms with E-state index in [1.165, 1.54) is 5.56 Å². The van der Waals surface area contributed by atoms with E-state index in [9.17, 15) is 4.79 Å². The molecule has 1 atom stereocenters. The number of nitrogens with zero attached hydrogens (tertiary/aromatic N) is 1. The van der Waals surface area contributed by atoms with Crippen molar-refractivity contribution in [2.24, 2.45) is 5.92 Å². The first-order valence-corrected chi connectivity index (χ1v) is 6.90. The van der Waals surface area contributed by atoms with Crippen LogP contribution in [0.4, 0.5) is 5.69 Å². The van der Waals surface area contributed by atoms with E-state index in [4.69, 9.17) is 0 Å². The Labute approximate surface area is 127 Å². The van der Waals surface area contributed by atoms with Gasteiger partial charge in [0, 0.05) is 18.8 Å². The van der Waals surface area contributed by atoms with Gasteiger partial charge in [0.05, 0.1) is 5.92 Å². The molecule has 1 fully saturated rings. The average Bonchev–Trinajstić information content (AvgIpc) is 2.41. The van der Waals surface area contributed by atoms with E-state index in [0.717, 1.165) is 38.2 Å². The molecule has 0 aliphatic carbocycles. The molecule has 1 aromatic carbocycles. The van der Waals surface area contributed by atoms with Gasteiger partial charge in [0.2, 0.25) is 5.91 Å². The molecular weight excluding hydrogens is 274 g/mol. The number of carbonyl (C=O) groups excluding carboxylic acids is 1. The summed E-state index contributed by atoms with van der Waals surface area (Å²) in [6, 6.07) is 8.09. The van der Waals surface area contributed by atoms with Crippen molar-refractivity contribution in [3.63, 3.8) is 0 Å². The van der Waals surface area contributed by atoms with E-state index in [2.05, 4.69) is 27.7 Å². The molecule has 1 saturated heterocycles. The van der Waals surface area contributed by atoms with Gasteiger partial charge >= 0.3 is 0 Å². The average molecular weight is 298 g/mol. The zero-order valence-electron chi connectivity index (χ0n) is 12.2. The van der Waals surface area contributed by atoms with Gasteiger partial charge in [-0.3, -0.25) is 4.79 Å². The largest absolute Gasteiger partial charge is 0.326 e. The molecule has 1 aliphatic rings. The molecule has 1 amide bonds. The Kier molecular flexibility index (Phi) is 6.99. The minimum atomic E-state index is 0. The quantitative estimate of drug-likeness (QED) is 0.895. The van der Waals surface area contributed by atoms with Crippen molar-refractivity contribution in [2.75, 3.05) is 32.5 Å². The molecule has 0 saturated carbocycles. The van der Waals surface area contributed by atoms with Crippen LogP contribution in [-0.2, 0) is 11.3 Å². The molecule has 1 aromatic rings. The van der Waals surface area contributed by atoms with Gasteiger partial charge in [-0.2, -0.15) is 0 Å². The fourth-order valence-electron chi connectivity index (χ4n) is 2.38. The van der Waals surface area contributed by atoms with Crippen molar-refractivity contribution in [1.82, 2.24) is 10.2 Å². The first kappa shape index (κ1) is 17.0. The number of halogens is 1. The summed E-state index contributed by atoms with van der Waals surface area (Å²) in [6.07, 6.45) is 2.07. The molecule has 1 heterocycles. The fraction of sp³-hybridized carbons (Fsp3) is 0.533. The Balaban J connectivity index is 0.00000200. The van der Waals surface area contributed by atoms with Crippen LogP contribution in [0.15, 0.2) is 24.3 Å². The monoisotopic (exact) mass is 297 g/mol. The molecule has 0 bridgehead atoms. The van der Waals surface area contributed by atoms with Gasteiger partial charge in [-0.1, -0.05) is 12.1 Å². The molecule has 0 aromatic heterocycles. The third kappa shape index (κ3) is 5.12. The molecule has 0 spiro atoms. The topological polar surface area (TPSA) is 44.4 Å². The van der Waals surface area contributed by atoms with Crippen LogP contribution in [0.2, 0.25) is 0 Å². The van der Waals surface area contributed by atoms with Gasteiger partial charge in [0.25, 0.3) is 0 Å². The van der Waals surface area contributed by atoms with Gasteiger partial charge in [-0.05, 0) is 51.2 Å². The van der Waals surface area contributed by atoms with Gasteiger partial charge in [-0.15, -0.1) is 12.4 Å². The standard InChI is InChI=1S/C15H23N3O.ClH/c1-18(2)11-12-5-7-14(8-6-12)17-15(19)13-4-3-9-16-10-13;/h5-8,13,16H,3-4,9-11H2,1-2H3,(H,17,19);1H/t13-;/m1./s1. The van der Waals surface area contributed by atoms with E-state index < -0.39 is 0 Å². The predicted molar refractivity (Wildman–Crippen MR) is 85.3 cm³/mol. The number of hydrogen-bond donors (Lipinski definition) is 2. The number of anilines is 1. The van der Waals surface area contributed by atoms with E-state index in [0.29, 0.717) is 0 Å². The Hall–Kier alpha value is -1.10. The highest BCUT2D eigenvalue weighted by Gasteiger charge is 2.20. The zero-order chi connectivity index (χ0) is 13.7. The Morgan fingerprint density at radius 1 is 1.35 bits per heavy atom. The van der Waals surface area contributed by atoms with Crippen LogP contribution >= 0.6 is 12.4 Å². The van der Waals surface area contributed by atoms with Crippen molar-refractivity contribution < 1.29 is 4.79 Å². The molecule has 5 heteroatoms. The minimum Gasteiger partial charge on any atom is -0.326 e. The number of benzene rings is 1. The van der Waals surface area contributed by atoms with E-state index >= 15 is 0 Å². The van der Waals surface area contributed by atoms with Crippen molar-refractivity contribution in [1.29, 1.82) is 0 Å². The first-order valence-electron chi connectivity index (χ1n) is 6.90. The third-order valence-electron chi connectivity index (χ3n) is 3.39. The molecule has 0 radical (unpaired) electrons. The van der Waals surface area contributed by atoms with Crippen LogP contribution in [0.25, 0.3) is 0 Å². The number of hydrogen-bond acceptors (Lipinski definition) is 3. The minimum absolute atomic E-state index is 0. The number of piperidine rings is 1. The summed E-state index contributed by atoms with van der Waals surface area (Å²) in [7, 11) is 4.09. The highest BCUT2D eigenvalue weighted by molar-refractivity contribution is 5.92. The second-order valence-corrected chi connectivity index (χ2v) is 5.47. The normalized spacial score (nSPS) is 18.4.